The summed E-state index contributed by atoms with van der Waals surface area (Å²) < 4.78 is 18.7. The van der Waals surface area contributed by atoms with Crippen LogP contribution in [0.5, 0.6) is 0 Å². The van der Waals surface area contributed by atoms with Gasteiger partial charge in [-0.25, -0.2) is 4.79 Å². The molecule has 0 aliphatic rings. The van der Waals surface area contributed by atoms with E-state index in [1.807, 2.05) is 58.9 Å². The molecule has 8 heteroatoms. The molecule has 0 aromatic rings. The molecule has 0 spiro atoms. The maximum absolute atomic E-state index is 11.3. The van der Waals surface area contributed by atoms with Crippen LogP contribution in [0.2, 0.25) is 58.9 Å². The Balaban J connectivity index is 6.01. The topological polar surface area (TPSA) is 65.0 Å². The molecule has 130 valence electrons. The highest BCUT2D eigenvalue weighted by Crippen LogP contribution is 2.31. The van der Waals surface area contributed by atoms with Gasteiger partial charge in [0.2, 0.25) is 0 Å². The van der Waals surface area contributed by atoms with E-state index in [-0.39, 0.29) is 5.57 Å². The van der Waals surface area contributed by atoms with Crippen LogP contribution in [0.4, 0.5) is 0 Å². The van der Waals surface area contributed by atoms with Gasteiger partial charge in [-0.05, 0) is 65.8 Å². The Morgan fingerprint density at radius 1 is 0.818 bits per heavy atom. The fourth-order valence-electron chi connectivity index (χ4n) is 1.76. The molecule has 0 fully saturated rings. The molecule has 0 atom stereocenters. The smallest absolute Gasteiger partial charge is 0.331 e. The zero-order valence-electron chi connectivity index (χ0n) is 15.7. The highest BCUT2D eigenvalue weighted by Gasteiger charge is 2.44. The van der Waals surface area contributed by atoms with Gasteiger partial charge >= 0.3 is 5.97 Å². The number of hydrogen-bond acceptors (Lipinski definition) is 4. The number of carbonyl (C=O) groups is 1. The van der Waals surface area contributed by atoms with Gasteiger partial charge < -0.3 is 18.4 Å². The molecule has 0 aliphatic carbocycles. The second kappa shape index (κ2) is 7.10. The highest BCUT2D eigenvalue weighted by molar-refractivity contribution is 6.72. The SMILES string of the molecule is CC(=CC(O[Si](C)(C)C)(O[Si](C)(C)C)O[Si](C)(C)C)C(=O)O. The molecule has 22 heavy (non-hydrogen) atoms. The lowest BCUT2D eigenvalue weighted by molar-refractivity contribution is -0.232. The fourth-order valence-corrected chi connectivity index (χ4v) is 5.00. The van der Waals surface area contributed by atoms with Gasteiger partial charge in [0.25, 0.3) is 5.97 Å². The van der Waals surface area contributed by atoms with Crippen LogP contribution >= 0.6 is 0 Å². The summed E-state index contributed by atoms with van der Waals surface area (Å²) in [7, 11) is -6.11. The second-order valence-electron chi connectivity index (χ2n) is 8.38. The largest absolute Gasteiger partial charge is 0.478 e. The van der Waals surface area contributed by atoms with Crippen molar-refractivity contribution in [3.63, 3.8) is 0 Å². The predicted molar refractivity (Wildman–Crippen MR) is 97.4 cm³/mol. The Bertz CT molecular complexity index is 386. The average molecular weight is 365 g/mol. The number of carboxylic acid groups (broad SMARTS) is 1. The van der Waals surface area contributed by atoms with Crippen molar-refractivity contribution in [2.75, 3.05) is 0 Å². The summed E-state index contributed by atoms with van der Waals surface area (Å²) in [6.07, 6.45) is 1.49. The van der Waals surface area contributed by atoms with Crippen molar-refractivity contribution in [2.24, 2.45) is 0 Å². The van der Waals surface area contributed by atoms with E-state index in [4.69, 9.17) is 13.3 Å². The van der Waals surface area contributed by atoms with Crippen LogP contribution < -0.4 is 0 Å². The molecule has 0 unspecified atom stereocenters. The predicted octanol–water partition coefficient (Wildman–Crippen LogP) is 4.23. The minimum absolute atomic E-state index is 0.162. The summed E-state index contributed by atoms with van der Waals surface area (Å²) in [4.78, 5) is 11.3. The monoisotopic (exact) mass is 364 g/mol. The van der Waals surface area contributed by atoms with E-state index in [0.29, 0.717) is 0 Å². The molecule has 0 saturated heterocycles. The first-order valence-corrected chi connectivity index (χ1v) is 17.7. The molecule has 0 rings (SSSR count). The molecule has 0 aliphatic heterocycles. The van der Waals surface area contributed by atoms with Crippen LogP contribution in [0.15, 0.2) is 11.6 Å². The Kier molecular flexibility index (Phi) is 7.02. The van der Waals surface area contributed by atoms with Crippen molar-refractivity contribution in [2.45, 2.75) is 71.8 Å². The summed E-state index contributed by atoms with van der Waals surface area (Å²) in [6.45, 7) is 19.8. The minimum Gasteiger partial charge on any atom is -0.478 e. The maximum Gasteiger partial charge on any atom is 0.331 e. The van der Waals surface area contributed by atoms with Gasteiger partial charge in [-0.3, -0.25) is 0 Å². The molecule has 0 radical (unpaired) electrons. The highest BCUT2D eigenvalue weighted by atomic mass is 28.4. The van der Waals surface area contributed by atoms with Crippen molar-refractivity contribution in [1.29, 1.82) is 0 Å². The fraction of sp³-hybridized carbons (Fsp3) is 0.786. The van der Waals surface area contributed by atoms with Crippen LogP contribution in [0, 0.1) is 0 Å². The van der Waals surface area contributed by atoms with Gasteiger partial charge in [-0.15, -0.1) is 0 Å². The van der Waals surface area contributed by atoms with E-state index in [9.17, 15) is 9.90 Å². The van der Waals surface area contributed by atoms with Gasteiger partial charge in [-0.1, -0.05) is 0 Å². The molecule has 0 aromatic carbocycles. The number of aliphatic carboxylic acids is 1. The maximum atomic E-state index is 11.3. The lowest BCUT2D eigenvalue weighted by atomic mass is 10.3. The van der Waals surface area contributed by atoms with E-state index in [0.717, 1.165) is 0 Å². The molecular weight excluding hydrogens is 332 g/mol. The standard InChI is InChI=1S/C14H32O5Si3/c1-12(13(15)16)11-14(17-20(2,3)4,18-21(5,6)7)19-22(8,9)10/h11H,1-10H3,(H,15,16). The zero-order chi connectivity index (χ0) is 18.0. The average Bonchev–Trinajstić information content (AvgIpc) is 2.06. The quantitative estimate of drug-likeness (QED) is 0.397. The van der Waals surface area contributed by atoms with Gasteiger partial charge in [0.15, 0.2) is 25.0 Å². The van der Waals surface area contributed by atoms with E-state index >= 15 is 0 Å². The Morgan fingerprint density at radius 2 is 1.09 bits per heavy atom. The molecular formula is C14H32O5Si3. The van der Waals surface area contributed by atoms with Crippen LogP contribution in [0.3, 0.4) is 0 Å². The number of rotatable bonds is 8. The molecule has 0 bridgehead atoms. The van der Waals surface area contributed by atoms with E-state index in [1.54, 1.807) is 0 Å². The third-order valence-corrected chi connectivity index (χ3v) is 4.77. The molecule has 1 N–H and O–H groups in total. The van der Waals surface area contributed by atoms with Crippen LogP contribution in [-0.4, -0.2) is 42.0 Å². The number of carboxylic acids is 1. The van der Waals surface area contributed by atoms with E-state index in [2.05, 4.69) is 0 Å². The summed E-state index contributed by atoms with van der Waals surface area (Å²) in [6, 6.07) is 0. The minimum atomic E-state index is -2.04. The van der Waals surface area contributed by atoms with Crippen molar-refractivity contribution in [1.82, 2.24) is 0 Å². The van der Waals surface area contributed by atoms with Crippen LogP contribution in [0.25, 0.3) is 0 Å². The van der Waals surface area contributed by atoms with Crippen LogP contribution in [0.1, 0.15) is 6.92 Å². The third kappa shape index (κ3) is 9.70. The lowest BCUT2D eigenvalue weighted by Crippen LogP contribution is -2.55. The first-order valence-electron chi connectivity index (χ1n) is 7.48. The van der Waals surface area contributed by atoms with E-state index in [1.165, 1.54) is 13.0 Å². The van der Waals surface area contributed by atoms with Gasteiger partial charge in [0, 0.05) is 11.6 Å². The van der Waals surface area contributed by atoms with Crippen LogP contribution in [-0.2, 0) is 18.1 Å². The van der Waals surface area contributed by atoms with Gasteiger partial charge in [0.05, 0.1) is 0 Å². The van der Waals surface area contributed by atoms with Gasteiger partial charge in [0.1, 0.15) is 0 Å². The van der Waals surface area contributed by atoms with Crippen molar-refractivity contribution >= 4 is 30.9 Å². The third-order valence-electron chi connectivity index (χ3n) is 2.08. The Labute approximate surface area is 138 Å². The summed E-state index contributed by atoms with van der Waals surface area (Å²) >= 11 is 0. The summed E-state index contributed by atoms with van der Waals surface area (Å²) in [5.41, 5.74) is 0.162. The first-order chi connectivity index (χ1) is 9.45. The van der Waals surface area contributed by atoms with Gasteiger partial charge in [-0.2, -0.15) is 0 Å². The molecule has 0 amide bonds. The Morgan fingerprint density at radius 3 is 1.27 bits per heavy atom. The Hall–Kier alpha value is -0.259. The molecule has 5 nitrogen and oxygen atoms in total. The van der Waals surface area contributed by atoms with Crippen molar-refractivity contribution in [3.05, 3.63) is 11.6 Å². The van der Waals surface area contributed by atoms with E-state index < -0.39 is 36.9 Å². The summed E-state index contributed by atoms with van der Waals surface area (Å²) in [5.74, 6) is -2.40. The zero-order valence-corrected chi connectivity index (χ0v) is 18.7. The second-order valence-corrected chi connectivity index (χ2v) is 21.7. The molecule has 0 heterocycles. The normalized spacial score (nSPS) is 15.1. The number of hydrogen-bond donors (Lipinski definition) is 1. The summed E-state index contributed by atoms with van der Waals surface area (Å²) in [5, 5.41) is 9.24. The first kappa shape index (κ1) is 21.7. The molecule has 0 aromatic heterocycles. The lowest BCUT2D eigenvalue weighted by Gasteiger charge is -2.43. The van der Waals surface area contributed by atoms with Crippen molar-refractivity contribution < 1.29 is 23.2 Å². The van der Waals surface area contributed by atoms with Crippen molar-refractivity contribution in [3.8, 4) is 0 Å². The molecule has 0 saturated carbocycles.